The molecule has 3 amide bonds. The normalized spacial score (nSPS) is 12.9. The van der Waals surface area contributed by atoms with Crippen molar-refractivity contribution in [2.24, 2.45) is 0 Å². The molecule has 0 aliphatic carbocycles. The fraction of sp³-hybridized carbons (Fsp3) is 0.286. The lowest BCUT2D eigenvalue weighted by Crippen LogP contribution is -2.29. The van der Waals surface area contributed by atoms with Crippen molar-refractivity contribution >= 4 is 29.0 Å². The van der Waals surface area contributed by atoms with Crippen LogP contribution in [0.1, 0.15) is 39.9 Å². The van der Waals surface area contributed by atoms with Crippen LogP contribution < -0.4 is 20.9 Å². The fourth-order valence-electron chi connectivity index (χ4n) is 4.20. The number of amides is 3. The van der Waals surface area contributed by atoms with Gasteiger partial charge in [0.15, 0.2) is 0 Å². The zero-order valence-electron chi connectivity index (χ0n) is 19.9. The molecule has 0 bridgehead atoms. The zero-order chi connectivity index (χ0) is 23.9. The van der Waals surface area contributed by atoms with Crippen LogP contribution in [0.4, 0.5) is 21.9 Å². The number of urea groups is 1. The average Bonchev–Trinajstić information content (AvgIpc) is 3.37. The number of carbonyl (C=O) groups excluding carboxylic acids is 2. The van der Waals surface area contributed by atoms with Gasteiger partial charge in [-0.3, -0.25) is 4.79 Å². The van der Waals surface area contributed by atoms with Crippen LogP contribution in [0.15, 0.2) is 66.7 Å². The zero-order valence-corrected chi connectivity index (χ0v) is 19.9. The van der Waals surface area contributed by atoms with Crippen molar-refractivity contribution in [3.05, 3.63) is 89.0 Å². The predicted octanol–water partition coefficient (Wildman–Crippen LogP) is 5.52. The molecule has 1 aliphatic heterocycles. The molecule has 0 spiro atoms. The molecule has 1 saturated heterocycles. The maximum atomic E-state index is 13.1. The maximum Gasteiger partial charge on any atom is 0.323 e. The first kappa shape index (κ1) is 23.4. The van der Waals surface area contributed by atoms with E-state index in [4.69, 9.17) is 0 Å². The summed E-state index contributed by atoms with van der Waals surface area (Å²) < 4.78 is 0. The van der Waals surface area contributed by atoms with Crippen LogP contribution in [0.2, 0.25) is 0 Å². The van der Waals surface area contributed by atoms with Crippen LogP contribution in [-0.2, 0) is 6.42 Å². The predicted molar refractivity (Wildman–Crippen MR) is 139 cm³/mol. The van der Waals surface area contributed by atoms with E-state index in [0.29, 0.717) is 17.8 Å². The largest absolute Gasteiger partial charge is 0.371 e. The maximum absolute atomic E-state index is 13.1. The molecule has 3 aromatic rings. The van der Waals surface area contributed by atoms with E-state index in [1.54, 1.807) is 6.07 Å². The Morgan fingerprint density at radius 1 is 0.824 bits per heavy atom. The van der Waals surface area contributed by atoms with Crippen LogP contribution in [0, 0.1) is 13.8 Å². The van der Waals surface area contributed by atoms with Crippen molar-refractivity contribution in [2.45, 2.75) is 33.1 Å². The van der Waals surface area contributed by atoms with E-state index in [9.17, 15) is 9.59 Å². The summed E-state index contributed by atoms with van der Waals surface area (Å²) >= 11 is 0. The Kier molecular flexibility index (Phi) is 7.48. The number of rotatable bonds is 7. The molecule has 0 aromatic heterocycles. The number of carbonyl (C=O) groups is 2. The van der Waals surface area contributed by atoms with Gasteiger partial charge in [-0.1, -0.05) is 36.4 Å². The molecule has 3 N–H and O–H groups in total. The molecular weight excluding hydrogens is 424 g/mol. The van der Waals surface area contributed by atoms with Crippen molar-refractivity contribution in [3.63, 3.8) is 0 Å². The van der Waals surface area contributed by atoms with E-state index in [1.165, 1.54) is 11.1 Å². The molecule has 176 valence electrons. The lowest BCUT2D eigenvalue weighted by Gasteiger charge is -2.22. The van der Waals surface area contributed by atoms with Crippen molar-refractivity contribution in [2.75, 3.05) is 35.2 Å². The number of hydrogen-bond donors (Lipinski definition) is 3. The van der Waals surface area contributed by atoms with E-state index in [2.05, 4.69) is 33.0 Å². The van der Waals surface area contributed by atoms with Crippen LogP contribution >= 0.6 is 0 Å². The minimum absolute atomic E-state index is 0.129. The van der Waals surface area contributed by atoms with Crippen molar-refractivity contribution in [3.8, 4) is 0 Å². The van der Waals surface area contributed by atoms with Crippen molar-refractivity contribution in [1.82, 2.24) is 5.32 Å². The summed E-state index contributed by atoms with van der Waals surface area (Å²) in [7, 11) is 0. The molecule has 1 fully saturated rings. The van der Waals surface area contributed by atoms with Crippen molar-refractivity contribution < 1.29 is 9.59 Å². The van der Waals surface area contributed by atoms with E-state index in [0.717, 1.165) is 49.3 Å². The minimum atomic E-state index is -0.340. The second kappa shape index (κ2) is 10.9. The molecular formula is C28H32N4O2. The summed E-state index contributed by atoms with van der Waals surface area (Å²) in [5.41, 5.74) is 6.27. The smallest absolute Gasteiger partial charge is 0.323 e. The molecule has 34 heavy (non-hydrogen) atoms. The van der Waals surface area contributed by atoms with Gasteiger partial charge in [0.1, 0.15) is 0 Å². The molecule has 6 heteroatoms. The van der Waals surface area contributed by atoms with E-state index in [-0.39, 0.29) is 11.9 Å². The average molecular weight is 457 g/mol. The topological polar surface area (TPSA) is 73.5 Å². The molecule has 0 radical (unpaired) electrons. The summed E-state index contributed by atoms with van der Waals surface area (Å²) in [6, 6.07) is 21.1. The van der Waals surface area contributed by atoms with Gasteiger partial charge in [-0.05, 0) is 80.1 Å². The molecule has 0 saturated carbocycles. The number of benzene rings is 3. The summed E-state index contributed by atoms with van der Waals surface area (Å²) in [4.78, 5) is 28.0. The quantitative estimate of drug-likeness (QED) is 0.438. The van der Waals surface area contributed by atoms with Crippen LogP contribution in [-0.4, -0.2) is 31.6 Å². The SMILES string of the molecule is Cc1ccc(NC(=O)Nc2ccc(N3CCCC3)c(C(=O)NCCc3ccccc3)c2)cc1C. The lowest BCUT2D eigenvalue weighted by atomic mass is 10.1. The van der Waals surface area contributed by atoms with Gasteiger partial charge >= 0.3 is 6.03 Å². The van der Waals surface area contributed by atoms with Gasteiger partial charge in [0, 0.05) is 36.7 Å². The molecule has 6 nitrogen and oxygen atoms in total. The molecule has 1 aliphatic rings. The van der Waals surface area contributed by atoms with Gasteiger partial charge in [-0.25, -0.2) is 4.79 Å². The summed E-state index contributed by atoms with van der Waals surface area (Å²) in [6.07, 6.45) is 3.00. The number of nitrogens with zero attached hydrogens (tertiary/aromatic N) is 1. The molecule has 3 aromatic carbocycles. The van der Waals surface area contributed by atoms with E-state index >= 15 is 0 Å². The number of hydrogen-bond acceptors (Lipinski definition) is 3. The second-order valence-corrected chi connectivity index (χ2v) is 8.80. The third kappa shape index (κ3) is 5.95. The first-order valence-electron chi connectivity index (χ1n) is 11.9. The third-order valence-electron chi connectivity index (χ3n) is 6.25. The van der Waals surface area contributed by atoms with Gasteiger partial charge in [-0.15, -0.1) is 0 Å². The first-order valence-corrected chi connectivity index (χ1v) is 11.9. The highest BCUT2D eigenvalue weighted by Crippen LogP contribution is 2.28. The highest BCUT2D eigenvalue weighted by molar-refractivity contribution is 6.04. The Morgan fingerprint density at radius 3 is 2.21 bits per heavy atom. The highest BCUT2D eigenvalue weighted by atomic mass is 16.2. The summed E-state index contributed by atoms with van der Waals surface area (Å²) in [5.74, 6) is -0.129. The number of nitrogens with one attached hydrogen (secondary N) is 3. The number of anilines is 3. The Labute approximate surface area is 201 Å². The third-order valence-corrected chi connectivity index (χ3v) is 6.25. The van der Waals surface area contributed by atoms with Gasteiger partial charge in [0.25, 0.3) is 5.91 Å². The summed E-state index contributed by atoms with van der Waals surface area (Å²) in [5, 5.41) is 8.79. The standard InChI is InChI=1S/C28H32N4O2/c1-20-10-11-23(18-21(20)2)30-28(34)31-24-12-13-26(32-16-6-7-17-32)25(19-24)27(33)29-15-14-22-8-4-3-5-9-22/h3-5,8-13,18-19H,6-7,14-17H2,1-2H3,(H,29,33)(H2,30,31,34). The molecule has 4 rings (SSSR count). The molecule has 0 atom stereocenters. The van der Waals surface area contributed by atoms with Crippen molar-refractivity contribution in [1.29, 1.82) is 0 Å². The van der Waals surface area contributed by atoms with Crippen LogP contribution in [0.3, 0.4) is 0 Å². The Bertz CT molecular complexity index is 1150. The van der Waals surface area contributed by atoms with Gasteiger partial charge in [-0.2, -0.15) is 0 Å². The van der Waals surface area contributed by atoms with Crippen LogP contribution in [0.5, 0.6) is 0 Å². The Balaban J connectivity index is 1.46. The fourth-order valence-corrected chi connectivity index (χ4v) is 4.20. The first-order chi connectivity index (χ1) is 16.5. The van der Waals surface area contributed by atoms with E-state index < -0.39 is 0 Å². The lowest BCUT2D eigenvalue weighted by molar-refractivity contribution is 0.0954. The Hall–Kier alpha value is -3.80. The van der Waals surface area contributed by atoms with Gasteiger partial charge < -0.3 is 20.9 Å². The molecule has 1 heterocycles. The monoisotopic (exact) mass is 456 g/mol. The van der Waals surface area contributed by atoms with Gasteiger partial charge in [0.2, 0.25) is 0 Å². The van der Waals surface area contributed by atoms with E-state index in [1.807, 2.05) is 62.4 Å². The number of aryl methyl sites for hydroxylation is 2. The van der Waals surface area contributed by atoms with Crippen LogP contribution in [0.25, 0.3) is 0 Å². The molecule has 0 unspecified atom stereocenters. The second-order valence-electron chi connectivity index (χ2n) is 8.80. The summed E-state index contributed by atoms with van der Waals surface area (Å²) in [6.45, 7) is 6.47. The van der Waals surface area contributed by atoms with Gasteiger partial charge in [0.05, 0.1) is 5.56 Å². The Morgan fingerprint density at radius 2 is 1.50 bits per heavy atom. The highest BCUT2D eigenvalue weighted by Gasteiger charge is 2.20. The minimum Gasteiger partial charge on any atom is -0.371 e.